The third-order valence-corrected chi connectivity index (χ3v) is 0.915. The number of carbonyl (C=O) groups is 1. The molecule has 0 aromatic carbocycles. The van der Waals surface area contributed by atoms with Crippen molar-refractivity contribution < 1.29 is 19.1 Å². The fraction of sp³-hybridized carbons (Fsp3) is 0.500. The van der Waals surface area contributed by atoms with Gasteiger partial charge in [-0.1, -0.05) is 0 Å². The predicted octanol–water partition coefficient (Wildman–Crippen LogP) is -0.615. The lowest BCUT2D eigenvalue weighted by molar-refractivity contribution is -0.142. The lowest BCUT2D eigenvalue weighted by atomic mass is 10.1. The Bertz CT molecular complexity index is 141. The highest BCUT2D eigenvalue weighted by molar-refractivity contribution is 5.90. The summed E-state index contributed by atoms with van der Waals surface area (Å²) >= 11 is 0. The summed E-state index contributed by atoms with van der Waals surface area (Å²) in [4.78, 5) is 30.0. The van der Waals surface area contributed by atoms with Gasteiger partial charge in [0.05, 0.1) is 7.11 Å². The van der Waals surface area contributed by atoms with E-state index >= 15 is 0 Å². The number of carbonyl (C=O) groups excluding carboxylic acids is 3. The van der Waals surface area contributed by atoms with Gasteiger partial charge in [0.15, 0.2) is 6.29 Å². The van der Waals surface area contributed by atoms with Crippen LogP contribution in [0, 0.1) is 5.92 Å². The van der Waals surface area contributed by atoms with Crippen molar-refractivity contribution in [3.8, 4) is 0 Å². The van der Waals surface area contributed by atoms with Gasteiger partial charge in [0, 0.05) is 6.42 Å². The van der Waals surface area contributed by atoms with E-state index in [9.17, 15) is 14.4 Å². The molecule has 0 fully saturated rings. The Morgan fingerprint density at radius 2 is 2.20 bits per heavy atom. The highest BCUT2D eigenvalue weighted by atomic mass is 16.5. The van der Waals surface area contributed by atoms with Crippen molar-refractivity contribution >= 4 is 18.5 Å². The van der Waals surface area contributed by atoms with E-state index in [2.05, 4.69) is 4.74 Å². The molecule has 0 heterocycles. The van der Waals surface area contributed by atoms with Gasteiger partial charge in [0.1, 0.15) is 5.92 Å². The molecule has 4 heteroatoms. The van der Waals surface area contributed by atoms with E-state index in [4.69, 9.17) is 0 Å². The van der Waals surface area contributed by atoms with E-state index in [1.54, 1.807) is 0 Å². The first-order valence-corrected chi connectivity index (χ1v) is 2.56. The summed E-state index contributed by atoms with van der Waals surface area (Å²) in [6.45, 7) is 0. The molecule has 0 aliphatic heterocycles. The second-order valence-electron chi connectivity index (χ2n) is 1.54. The molecule has 0 spiro atoms. The highest BCUT2D eigenvalue weighted by Crippen LogP contribution is 1.98. The molecule has 4 nitrogen and oxygen atoms in total. The topological polar surface area (TPSA) is 60.4 Å². The number of methoxy groups -OCH3 is 1. The van der Waals surface area contributed by atoms with Gasteiger partial charge in [0.2, 0.25) is 6.29 Å². The van der Waals surface area contributed by atoms with Crippen LogP contribution < -0.4 is 0 Å². The van der Waals surface area contributed by atoms with E-state index in [-0.39, 0.29) is 6.42 Å². The van der Waals surface area contributed by atoms with Gasteiger partial charge < -0.3 is 4.74 Å². The lowest BCUT2D eigenvalue weighted by Crippen LogP contribution is -2.17. The molecule has 0 aliphatic carbocycles. The van der Waals surface area contributed by atoms with Gasteiger partial charge in [-0.15, -0.1) is 0 Å². The van der Waals surface area contributed by atoms with Crippen molar-refractivity contribution in [2.45, 2.75) is 6.42 Å². The second kappa shape index (κ2) is 4.67. The minimum Gasteiger partial charge on any atom is -0.468 e. The van der Waals surface area contributed by atoms with Crippen LogP contribution in [0.2, 0.25) is 0 Å². The minimum absolute atomic E-state index is 0.282. The molecule has 0 aromatic rings. The fourth-order valence-electron chi connectivity index (χ4n) is 0.399. The number of esters is 1. The van der Waals surface area contributed by atoms with E-state index in [1.165, 1.54) is 12.6 Å². The zero-order valence-corrected chi connectivity index (χ0v) is 5.42. The molecule has 0 amide bonds. The van der Waals surface area contributed by atoms with Gasteiger partial charge in [-0.25, -0.2) is 0 Å². The Hall–Kier alpha value is -1.19. The summed E-state index contributed by atoms with van der Waals surface area (Å²) in [7, 11) is 1.14. The monoisotopic (exact) mass is 142 g/mol. The largest absolute Gasteiger partial charge is 0.468 e. The third kappa shape index (κ3) is 2.39. The Morgan fingerprint density at radius 3 is 2.50 bits per heavy atom. The van der Waals surface area contributed by atoms with Crippen LogP contribution in [0.3, 0.4) is 0 Å². The SMILES string of the molecule is COC(=O)C([C]=O)C[C]=O. The van der Waals surface area contributed by atoms with Gasteiger partial charge in [-0.3, -0.25) is 14.4 Å². The average Bonchev–Trinajstić information content (AvgIpc) is 1.99. The first kappa shape index (κ1) is 8.81. The van der Waals surface area contributed by atoms with E-state index in [0.29, 0.717) is 0 Å². The van der Waals surface area contributed by atoms with Crippen LogP contribution in [-0.2, 0) is 19.1 Å². The average molecular weight is 142 g/mol. The molecule has 0 bridgehead atoms. The molecule has 0 N–H and O–H groups in total. The van der Waals surface area contributed by atoms with Crippen molar-refractivity contribution in [3.63, 3.8) is 0 Å². The van der Waals surface area contributed by atoms with Crippen LogP contribution in [0.25, 0.3) is 0 Å². The summed E-state index contributed by atoms with van der Waals surface area (Å²) in [5.41, 5.74) is 0. The van der Waals surface area contributed by atoms with Gasteiger partial charge in [0.25, 0.3) is 0 Å². The normalized spacial score (nSPS) is 11.7. The van der Waals surface area contributed by atoms with Crippen LogP contribution in [0.1, 0.15) is 6.42 Å². The number of rotatable bonds is 4. The molecular formula is C6H6O4. The summed E-state index contributed by atoms with van der Waals surface area (Å²) < 4.78 is 4.18. The fourth-order valence-corrected chi connectivity index (χ4v) is 0.399. The van der Waals surface area contributed by atoms with Crippen LogP contribution in [-0.4, -0.2) is 25.7 Å². The summed E-state index contributed by atoms with van der Waals surface area (Å²) in [5, 5.41) is 0. The summed E-state index contributed by atoms with van der Waals surface area (Å²) in [6.07, 6.45) is 2.51. The quantitative estimate of drug-likeness (QED) is 0.388. The smallest absolute Gasteiger partial charge is 0.317 e. The lowest BCUT2D eigenvalue weighted by Gasteiger charge is -1.99. The zero-order valence-electron chi connectivity index (χ0n) is 5.42. The second-order valence-corrected chi connectivity index (χ2v) is 1.54. The van der Waals surface area contributed by atoms with Crippen molar-refractivity contribution in [1.82, 2.24) is 0 Å². The maximum atomic E-state index is 10.5. The van der Waals surface area contributed by atoms with E-state index < -0.39 is 11.9 Å². The number of ether oxygens (including phenoxy) is 1. The molecule has 54 valence electrons. The molecular weight excluding hydrogens is 136 g/mol. The molecule has 0 aliphatic rings. The van der Waals surface area contributed by atoms with Crippen molar-refractivity contribution in [3.05, 3.63) is 0 Å². The molecule has 1 atom stereocenters. The van der Waals surface area contributed by atoms with Crippen molar-refractivity contribution in [1.29, 1.82) is 0 Å². The summed E-state index contributed by atoms with van der Waals surface area (Å²) in [5.74, 6) is -1.86. The third-order valence-electron chi connectivity index (χ3n) is 0.915. The van der Waals surface area contributed by atoms with Crippen LogP contribution in [0.5, 0.6) is 0 Å². The maximum absolute atomic E-state index is 10.5. The molecule has 0 rings (SSSR count). The molecule has 2 radical (unpaired) electrons. The molecule has 0 aromatic heterocycles. The standard InChI is InChI=1S/C6H6O4/c1-10-6(9)5(4-8)2-3-7/h5H,2H2,1H3. The Balaban J connectivity index is 3.91. The van der Waals surface area contributed by atoms with Gasteiger partial charge in [-0.2, -0.15) is 0 Å². The Labute approximate surface area is 58.2 Å². The highest BCUT2D eigenvalue weighted by Gasteiger charge is 2.18. The molecule has 0 saturated carbocycles. The van der Waals surface area contributed by atoms with E-state index in [0.717, 1.165) is 7.11 Å². The van der Waals surface area contributed by atoms with Crippen molar-refractivity contribution in [2.75, 3.05) is 7.11 Å². The first-order valence-electron chi connectivity index (χ1n) is 2.56. The molecule has 1 unspecified atom stereocenters. The zero-order chi connectivity index (χ0) is 7.98. The predicted molar refractivity (Wildman–Crippen MR) is 31.5 cm³/mol. The van der Waals surface area contributed by atoms with Gasteiger partial charge in [-0.05, 0) is 0 Å². The van der Waals surface area contributed by atoms with Crippen LogP contribution in [0.4, 0.5) is 0 Å². The van der Waals surface area contributed by atoms with Crippen LogP contribution in [0.15, 0.2) is 0 Å². The van der Waals surface area contributed by atoms with Crippen LogP contribution >= 0.6 is 0 Å². The number of hydrogen-bond donors (Lipinski definition) is 0. The van der Waals surface area contributed by atoms with Crippen molar-refractivity contribution in [2.24, 2.45) is 5.92 Å². The maximum Gasteiger partial charge on any atom is 0.317 e. The number of hydrogen-bond acceptors (Lipinski definition) is 4. The summed E-state index contributed by atoms with van der Waals surface area (Å²) in [6, 6.07) is 0. The van der Waals surface area contributed by atoms with Gasteiger partial charge >= 0.3 is 5.97 Å². The Kier molecular flexibility index (Phi) is 4.11. The Morgan fingerprint density at radius 1 is 1.60 bits per heavy atom. The molecule has 0 saturated heterocycles. The first-order chi connectivity index (χ1) is 4.76. The van der Waals surface area contributed by atoms with E-state index in [1.807, 2.05) is 0 Å². The molecule has 10 heavy (non-hydrogen) atoms. The minimum atomic E-state index is -1.11.